The van der Waals surface area contributed by atoms with Crippen molar-refractivity contribution in [1.29, 1.82) is 0 Å². The summed E-state index contributed by atoms with van der Waals surface area (Å²) >= 11 is 0. The van der Waals surface area contributed by atoms with Crippen LogP contribution in [0.3, 0.4) is 0 Å². The second-order valence-corrected chi connectivity index (χ2v) is 6.19. The highest BCUT2D eigenvalue weighted by atomic mass is 16.5. The van der Waals surface area contributed by atoms with Gasteiger partial charge in [0.15, 0.2) is 0 Å². The summed E-state index contributed by atoms with van der Waals surface area (Å²) in [4.78, 5) is 0. The molecule has 4 unspecified atom stereocenters. The molecular weight excluding hydrogens is 228 g/mol. The Morgan fingerprint density at radius 1 is 1.44 bits per heavy atom. The van der Waals surface area contributed by atoms with Gasteiger partial charge in [0.1, 0.15) is 0 Å². The van der Waals surface area contributed by atoms with Gasteiger partial charge in [0, 0.05) is 24.7 Å². The minimum absolute atomic E-state index is 0.0443. The van der Waals surface area contributed by atoms with E-state index in [4.69, 9.17) is 10.5 Å². The first kappa shape index (κ1) is 15.9. The van der Waals surface area contributed by atoms with Crippen LogP contribution in [0.15, 0.2) is 0 Å². The minimum Gasteiger partial charge on any atom is -0.393 e. The number of ether oxygens (including phenoxy) is 1. The Morgan fingerprint density at radius 2 is 2.11 bits per heavy atom. The SMILES string of the molecule is CCC1(C)CC(CN)(NC(C)CC(C)O)CCO1. The summed E-state index contributed by atoms with van der Waals surface area (Å²) < 4.78 is 5.89. The zero-order valence-electron chi connectivity index (χ0n) is 12.3. The Hall–Kier alpha value is -0.160. The van der Waals surface area contributed by atoms with Crippen molar-refractivity contribution in [3.8, 4) is 0 Å². The number of aliphatic hydroxyl groups excluding tert-OH is 1. The topological polar surface area (TPSA) is 67.5 Å². The molecule has 4 nitrogen and oxygen atoms in total. The van der Waals surface area contributed by atoms with Crippen LogP contribution in [0, 0.1) is 0 Å². The van der Waals surface area contributed by atoms with Gasteiger partial charge in [-0.1, -0.05) is 6.92 Å². The third-order valence-corrected chi connectivity index (χ3v) is 4.13. The first-order chi connectivity index (χ1) is 8.35. The van der Waals surface area contributed by atoms with E-state index >= 15 is 0 Å². The molecule has 1 saturated heterocycles. The zero-order valence-corrected chi connectivity index (χ0v) is 12.3. The van der Waals surface area contributed by atoms with E-state index in [0.717, 1.165) is 32.3 Å². The molecule has 4 atom stereocenters. The van der Waals surface area contributed by atoms with Crippen LogP contribution in [0.4, 0.5) is 0 Å². The highest BCUT2D eigenvalue weighted by Crippen LogP contribution is 2.34. The summed E-state index contributed by atoms with van der Waals surface area (Å²) in [7, 11) is 0. The first-order valence-electron chi connectivity index (χ1n) is 7.14. The van der Waals surface area contributed by atoms with Crippen LogP contribution in [-0.4, -0.2) is 41.5 Å². The van der Waals surface area contributed by atoms with Crippen molar-refractivity contribution in [1.82, 2.24) is 5.32 Å². The number of aliphatic hydroxyl groups is 1. The van der Waals surface area contributed by atoms with Gasteiger partial charge in [-0.2, -0.15) is 0 Å². The molecular formula is C14H30N2O2. The van der Waals surface area contributed by atoms with E-state index in [-0.39, 0.29) is 23.3 Å². The zero-order chi connectivity index (χ0) is 13.8. The average Bonchev–Trinajstić information content (AvgIpc) is 2.28. The van der Waals surface area contributed by atoms with Gasteiger partial charge in [0.25, 0.3) is 0 Å². The lowest BCUT2D eigenvalue weighted by Gasteiger charge is -2.47. The van der Waals surface area contributed by atoms with Crippen LogP contribution in [0.1, 0.15) is 53.4 Å². The third kappa shape index (κ3) is 4.19. The maximum Gasteiger partial charge on any atom is 0.0670 e. The average molecular weight is 258 g/mol. The monoisotopic (exact) mass is 258 g/mol. The number of nitrogens with one attached hydrogen (secondary N) is 1. The van der Waals surface area contributed by atoms with Crippen molar-refractivity contribution in [3.63, 3.8) is 0 Å². The molecule has 0 bridgehead atoms. The Balaban J connectivity index is 2.67. The van der Waals surface area contributed by atoms with Crippen molar-refractivity contribution < 1.29 is 9.84 Å². The fourth-order valence-electron chi connectivity index (χ4n) is 3.02. The Bertz CT molecular complexity index is 260. The summed E-state index contributed by atoms with van der Waals surface area (Å²) in [5, 5.41) is 13.1. The smallest absolute Gasteiger partial charge is 0.0670 e. The lowest BCUT2D eigenvalue weighted by Crippen LogP contribution is -2.61. The molecule has 108 valence electrons. The first-order valence-corrected chi connectivity index (χ1v) is 7.14. The van der Waals surface area contributed by atoms with Crippen LogP contribution in [0.5, 0.6) is 0 Å². The van der Waals surface area contributed by atoms with Gasteiger partial charge >= 0.3 is 0 Å². The molecule has 1 aliphatic rings. The molecule has 1 rings (SSSR count). The van der Waals surface area contributed by atoms with Crippen molar-refractivity contribution in [3.05, 3.63) is 0 Å². The maximum absolute atomic E-state index is 9.46. The third-order valence-electron chi connectivity index (χ3n) is 4.13. The molecule has 0 amide bonds. The summed E-state index contributed by atoms with van der Waals surface area (Å²) in [5.41, 5.74) is 5.89. The van der Waals surface area contributed by atoms with Crippen LogP contribution < -0.4 is 11.1 Å². The molecule has 0 aromatic carbocycles. The minimum atomic E-state index is -0.278. The number of hydrogen-bond donors (Lipinski definition) is 3. The Morgan fingerprint density at radius 3 is 2.61 bits per heavy atom. The molecule has 0 spiro atoms. The lowest BCUT2D eigenvalue weighted by molar-refractivity contribution is -0.101. The normalized spacial score (nSPS) is 36.3. The standard InChI is InChI=1S/C14H30N2O2/c1-5-13(4)9-14(10-15,6-7-18-13)16-11(2)8-12(3)17/h11-12,16-17H,5-10,15H2,1-4H3. The fraction of sp³-hybridized carbons (Fsp3) is 1.00. The summed E-state index contributed by atoms with van der Waals surface area (Å²) in [6.45, 7) is 9.64. The second-order valence-electron chi connectivity index (χ2n) is 6.19. The number of rotatable bonds is 6. The van der Waals surface area contributed by atoms with E-state index in [1.54, 1.807) is 0 Å². The number of nitrogens with two attached hydrogens (primary N) is 1. The lowest BCUT2D eigenvalue weighted by atomic mass is 9.78. The van der Waals surface area contributed by atoms with Crippen molar-refractivity contribution in [2.45, 2.75) is 76.7 Å². The van der Waals surface area contributed by atoms with Crippen molar-refractivity contribution in [2.75, 3.05) is 13.2 Å². The van der Waals surface area contributed by atoms with Gasteiger partial charge in [-0.05, 0) is 46.5 Å². The Kier molecular flexibility index (Phi) is 5.59. The van der Waals surface area contributed by atoms with E-state index in [2.05, 4.69) is 26.1 Å². The van der Waals surface area contributed by atoms with E-state index in [0.29, 0.717) is 6.54 Å². The largest absolute Gasteiger partial charge is 0.393 e. The van der Waals surface area contributed by atoms with Crippen LogP contribution >= 0.6 is 0 Å². The summed E-state index contributed by atoms with van der Waals surface area (Å²) in [6.07, 6.45) is 3.37. The van der Waals surface area contributed by atoms with Gasteiger partial charge in [0.2, 0.25) is 0 Å². The van der Waals surface area contributed by atoms with Crippen LogP contribution in [-0.2, 0) is 4.74 Å². The molecule has 18 heavy (non-hydrogen) atoms. The van der Waals surface area contributed by atoms with E-state index in [9.17, 15) is 5.11 Å². The van der Waals surface area contributed by atoms with Crippen LogP contribution in [0.25, 0.3) is 0 Å². The molecule has 0 aliphatic carbocycles. The molecule has 4 N–H and O–H groups in total. The molecule has 0 aromatic heterocycles. The molecule has 1 heterocycles. The molecule has 0 saturated carbocycles. The predicted octanol–water partition coefficient (Wildman–Crippen LogP) is 1.41. The highest BCUT2D eigenvalue weighted by molar-refractivity contribution is 5.00. The van der Waals surface area contributed by atoms with Crippen molar-refractivity contribution >= 4 is 0 Å². The van der Waals surface area contributed by atoms with Gasteiger partial charge in [0.05, 0.1) is 11.7 Å². The Labute approximate surface area is 111 Å². The van der Waals surface area contributed by atoms with Crippen molar-refractivity contribution in [2.24, 2.45) is 5.73 Å². The van der Waals surface area contributed by atoms with Crippen LogP contribution in [0.2, 0.25) is 0 Å². The second kappa shape index (κ2) is 6.33. The quantitative estimate of drug-likeness (QED) is 0.674. The fourth-order valence-corrected chi connectivity index (χ4v) is 3.02. The maximum atomic E-state index is 9.46. The van der Waals surface area contributed by atoms with Gasteiger partial charge in [-0.3, -0.25) is 0 Å². The van der Waals surface area contributed by atoms with Gasteiger partial charge < -0.3 is 20.9 Å². The molecule has 4 heteroatoms. The number of hydrogen-bond acceptors (Lipinski definition) is 4. The molecule has 0 radical (unpaired) electrons. The summed E-state index contributed by atoms with van der Waals surface area (Å²) in [6, 6.07) is 0.271. The van der Waals surface area contributed by atoms with E-state index < -0.39 is 0 Å². The predicted molar refractivity (Wildman–Crippen MR) is 74.6 cm³/mol. The highest BCUT2D eigenvalue weighted by Gasteiger charge is 2.42. The molecule has 1 fully saturated rings. The molecule has 0 aromatic rings. The van der Waals surface area contributed by atoms with E-state index in [1.807, 2.05) is 6.92 Å². The summed E-state index contributed by atoms with van der Waals surface area (Å²) in [5.74, 6) is 0. The van der Waals surface area contributed by atoms with E-state index in [1.165, 1.54) is 0 Å². The van der Waals surface area contributed by atoms with Gasteiger partial charge in [-0.15, -0.1) is 0 Å². The van der Waals surface area contributed by atoms with Gasteiger partial charge in [-0.25, -0.2) is 0 Å². The molecule has 1 aliphatic heterocycles.